The fourth-order valence-electron chi connectivity index (χ4n) is 6.28. The topological polar surface area (TPSA) is 172 Å². The van der Waals surface area contributed by atoms with Gasteiger partial charge in [0.1, 0.15) is 12.6 Å². The van der Waals surface area contributed by atoms with Crippen LogP contribution in [0.25, 0.3) is 0 Å². The first-order valence-corrected chi connectivity index (χ1v) is 25.3. The maximum absolute atomic E-state index is 12.6. The Morgan fingerprint density at radius 2 is 0.902 bits per heavy atom. The molecular weight excluding hydrogens is 794 g/mol. The maximum atomic E-state index is 12.6. The predicted molar refractivity (Wildman–Crippen MR) is 249 cm³/mol. The van der Waals surface area contributed by atoms with E-state index in [1.807, 2.05) is 12.2 Å². The van der Waals surface area contributed by atoms with E-state index in [9.17, 15) is 23.8 Å². The normalized spacial score (nSPS) is 14.2. The summed E-state index contributed by atoms with van der Waals surface area (Å²) in [5.41, 5.74) is 5.34. The summed E-state index contributed by atoms with van der Waals surface area (Å²) in [7, 11) is -4.74. The Balaban J connectivity index is 4.41. The summed E-state index contributed by atoms with van der Waals surface area (Å²) in [4.78, 5) is 46.0. The SMILES string of the molecule is CCCCC/C=C/C/C=C/C/C=C/C/C=C/C/C=C/CCC(=O)O[C@H](COC(=O)CCCCCCCCCCCCCCCCCCCC)COP(=O)(O)OC[C@H](N)C(=O)O. The molecule has 3 atom stereocenters. The highest BCUT2D eigenvalue weighted by molar-refractivity contribution is 7.47. The lowest BCUT2D eigenvalue weighted by atomic mass is 10.0. The van der Waals surface area contributed by atoms with Crippen LogP contribution in [0.4, 0.5) is 0 Å². The third-order valence-electron chi connectivity index (χ3n) is 10.0. The van der Waals surface area contributed by atoms with E-state index in [4.69, 9.17) is 24.8 Å². The number of hydrogen-bond donors (Lipinski definition) is 3. The molecule has 0 aliphatic heterocycles. The third kappa shape index (κ3) is 43.6. The van der Waals surface area contributed by atoms with Crippen molar-refractivity contribution in [2.75, 3.05) is 19.8 Å². The summed E-state index contributed by atoms with van der Waals surface area (Å²) in [6, 6.07) is -1.53. The van der Waals surface area contributed by atoms with Crippen LogP contribution in [0.2, 0.25) is 0 Å². The van der Waals surface area contributed by atoms with Gasteiger partial charge in [0.05, 0.1) is 13.2 Å². The second-order valence-corrected chi connectivity index (χ2v) is 17.3. The average molecular weight is 880 g/mol. The first-order valence-electron chi connectivity index (χ1n) is 23.8. The number of ether oxygens (including phenoxy) is 2. The molecule has 0 saturated carbocycles. The molecule has 0 aromatic heterocycles. The van der Waals surface area contributed by atoms with Gasteiger partial charge in [0.2, 0.25) is 0 Å². The maximum Gasteiger partial charge on any atom is 0.472 e. The molecule has 4 N–H and O–H groups in total. The van der Waals surface area contributed by atoms with E-state index in [0.717, 1.165) is 51.4 Å². The molecule has 0 spiro atoms. The largest absolute Gasteiger partial charge is 0.480 e. The molecule has 1 unspecified atom stereocenters. The minimum atomic E-state index is -4.74. The number of aliphatic carboxylic acids is 1. The Labute approximate surface area is 370 Å². The first-order chi connectivity index (χ1) is 29.6. The Morgan fingerprint density at radius 1 is 0.508 bits per heavy atom. The molecule has 0 aliphatic carbocycles. The van der Waals surface area contributed by atoms with Gasteiger partial charge >= 0.3 is 25.7 Å². The average Bonchev–Trinajstić information content (AvgIpc) is 3.24. The van der Waals surface area contributed by atoms with Crippen LogP contribution in [0.1, 0.15) is 200 Å². The second-order valence-electron chi connectivity index (χ2n) is 15.9. The zero-order valence-corrected chi connectivity index (χ0v) is 39.1. The van der Waals surface area contributed by atoms with Crippen molar-refractivity contribution in [1.29, 1.82) is 0 Å². The molecule has 352 valence electrons. The fraction of sp³-hybridized carbons (Fsp3) is 0.735. The van der Waals surface area contributed by atoms with Crippen LogP contribution in [0, 0.1) is 0 Å². The molecule has 0 aliphatic rings. The minimum Gasteiger partial charge on any atom is -0.480 e. The summed E-state index contributed by atoms with van der Waals surface area (Å²) in [5, 5.41) is 8.90. The molecule has 0 radical (unpaired) electrons. The van der Waals surface area contributed by atoms with E-state index in [2.05, 4.69) is 67.0 Å². The van der Waals surface area contributed by atoms with Crippen molar-refractivity contribution in [3.8, 4) is 0 Å². The third-order valence-corrected chi connectivity index (χ3v) is 11.0. The van der Waals surface area contributed by atoms with Crippen LogP contribution in [0.5, 0.6) is 0 Å². The number of carbonyl (C=O) groups excluding carboxylic acids is 2. The van der Waals surface area contributed by atoms with Gasteiger partial charge in [0.25, 0.3) is 0 Å². The Morgan fingerprint density at radius 3 is 1.36 bits per heavy atom. The zero-order valence-electron chi connectivity index (χ0n) is 38.2. The van der Waals surface area contributed by atoms with Gasteiger partial charge in [-0.25, -0.2) is 4.57 Å². The van der Waals surface area contributed by atoms with Gasteiger partial charge in [-0.1, -0.05) is 197 Å². The Hall–Kier alpha value is -2.82. The monoisotopic (exact) mass is 880 g/mol. The number of phosphoric ester groups is 1. The van der Waals surface area contributed by atoms with Crippen molar-refractivity contribution in [3.05, 3.63) is 60.8 Å². The van der Waals surface area contributed by atoms with Crippen molar-refractivity contribution in [1.82, 2.24) is 0 Å². The molecule has 0 heterocycles. The Bertz CT molecular complexity index is 1260. The van der Waals surface area contributed by atoms with E-state index < -0.39 is 51.1 Å². The molecule has 0 fully saturated rings. The Kier molecular flexibility index (Phi) is 41.8. The minimum absolute atomic E-state index is 0.0373. The van der Waals surface area contributed by atoms with E-state index in [1.165, 1.54) is 109 Å². The van der Waals surface area contributed by atoms with Crippen LogP contribution in [0.15, 0.2) is 60.8 Å². The molecule has 0 rings (SSSR count). The molecule has 0 saturated heterocycles. The molecule has 11 nitrogen and oxygen atoms in total. The summed E-state index contributed by atoms with van der Waals surface area (Å²) in [6.45, 7) is 2.72. The molecule has 0 aromatic rings. The lowest BCUT2D eigenvalue weighted by molar-refractivity contribution is -0.161. The molecule has 0 amide bonds. The van der Waals surface area contributed by atoms with Crippen molar-refractivity contribution in [2.45, 2.75) is 212 Å². The van der Waals surface area contributed by atoms with Gasteiger partial charge in [0, 0.05) is 12.8 Å². The van der Waals surface area contributed by atoms with Crippen molar-refractivity contribution in [2.24, 2.45) is 5.73 Å². The highest BCUT2D eigenvalue weighted by Crippen LogP contribution is 2.43. The van der Waals surface area contributed by atoms with Gasteiger partial charge in [0.15, 0.2) is 6.10 Å². The molecule has 12 heteroatoms. The van der Waals surface area contributed by atoms with Gasteiger partial charge in [-0.15, -0.1) is 0 Å². The first kappa shape index (κ1) is 58.2. The van der Waals surface area contributed by atoms with Crippen LogP contribution in [-0.4, -0.2) is 59.9 Å². The molecule has 0 bridgehead atoms. The summed E-state index contributed by atoms with van der Waals surface area (Å²) >= 11 is 0. The van der Waals surface area contributed by atoms with Crippen LogP contribution < -0.4 is 5.73 Å². The van der Waals surface area contributed by atoms with E-state index in [-0.39, 0.29) is 19.4 Å². The lowest BCUT2D eigenvalue weighted by Crippen LogP contribution is -2.34. The van der Waals surface area contributed by atoms with Crippen LogP contribution in [-0.2, 0) is 37.5 Å². The molecular formula is C49H86NO10P. The summed E-state index contributed by atoms with van der Waals surface area (Å²) in [5.74, 6) is -2.48. The van der Waals surface area contributed by atoms with Crippen LogP contribution >= 0.6 is 7.82 Å². The molecule has 61 heavy (non-hydrogen) atoms. The van der Waals surface area contributed by atoms with Gasteiger partial charge in [-0.3, -0.25) is 23.4 Å². The van der Waals surface area contributed by atoms with Gasteiger partial charge < -0.3 is 25.2 Å². The number of hydrogen-bond acceptors (Lipinski definition) is 9. The number of allylic oxidation sites excluding steroid dienone is 10. The number of rotatable bonds is 44. The smallest absolute Gasteiger partial charge is 0.472 e. The highest BCUT2D eigenvalue weighted by Gasteiger charge is 2.28. The number of carboxylic acids is 1. The van der Waals surface area contributed by atoms with Crippen LogP contribution in [0.3, 0.4) is 0 Å². The highest BCUT2D eigenvalue weighted by atomic mass is 31.2. The number of carboxylic acid groups (broad SMARTS) is 1. The fourth-order valence-corrected chi connectivity index (χ4v) is 7.06. The number of unbranched alkanes of at least 4 members (excludes halogenated alkanes) is 20. The van der Waals surface area contributed by atoms with Crippen molar-refractivity contribution < 1.29 is 47.5 Å². The standard InChI is InChI=1S/C49H86NO10P/c1-3-5-7-9-11-13-15-17-19-21-23-25-27-29-31-33-35-37-39-41-48(52)60-45(43-58-61(55,56)59-44-46(50)49(53)54)42-57-47(51)40-38-36-34-32-30-28-26-24-22-20-18-16-14-12-10-8-6-4-2/h11,13,17,19,23,25,29,31,35,37,45-46H,3-10,12,14-16,18,20-22,24,26-28,30,32-34,36,38-44,50H2,1-2H3,(H,53,54)(H,55,56)/b13-11+,19-17+,25-23+,31-29+,37-35+/t45-,46+/m1/s1. The number of phosphoric acid groups is 1. The number of carbonyl (C=O) groups is 3. The summed E-state index contributed by atoms with van der Waals surface area (Å²) in [6.07, 6.45) is 51.6. The molecule has 0 aromatic carbocycles. The lowest BCUT2D eigenvalue weighted by Gasteiger charge is -2.20. The number of esters is 2. The van der Waals surface area contributed by atoms with Crippen molar-refractivity contribution in [3.63, 3.8) is 0 Å². The van der Waals surface area contributed by atoms with Gasteiger partial charge in [-0.05, 0) is 51.4 Å². The van der Waals surface area contributed by atoms with Gasteiger partial charge in [-0.2, -0.15) is 0 Å². The number of nitrogens with two attached hydrogens (primary N) is 1. The quantitative estimate of drug-likeness (QED) is 0.0230. The second kappa shape index (κ2) is 43.8. The summed E-state index contributed by atoms with van der Waals surface area (Å²) < 4.78 is 32.7. The van der Waals surface area contributed by atoms with E-state index in [1.54, 1.807) is 0 Å². The van der Waals surface area contributed by atoms with E-state index in [0.29, 0.717) is 12.8 Å². The van der Waals surface area contributed by atoms with Crippen molar-refractivity contribution >= 4 is 25.7 Å². The van der Waals surface area contributed by atoms with E-state index >= 15 is 0 Å². The predicted octanol–water partition coefficient (Wildman–Crippen LogP) is 13.1. The zero-order chi connectivity index (χ0) is 44.9.